The first-order valence-electron chi connectivity index (χ1n) is 17.6. The van der Waals surface area contributed by atoms with Gasteiger partial charge in [0.25, 0.3) is 11.8 Å². The molecule has 3 amide bonds. The Labute approximate surface area is 312 Å². The number of allylic oxidation sites excluding steroid dienone is 2. The molecule has 18 nitrogen and oxygen atoms in total. The Morgan fingerprint density at radius 3 is 1.96 bits per heavy atom. The van der Waals surface area contributed by atoms with Crippen LogP contribution in [0.5, 0.6) is 11.5 Å². The van der Waals surface area contributed by atoms with Crippen LogP contribution in [0.15, 0.2) is 46.9 Å². The molecule has 0 aliphatic carbocycles. The third-order valence-electron chi connectivity index (χ3n) is 8.92. The third-order valence-corrected chi connectivity index (χ3v) is 8.92. The lowest BCUT2D eigenvalue weighted by molar-refractivity contribution is 0.0695. The number of aromatic carboxylic acids is 1. The molecule has 2 aromatic carbocycles. The Morgan fingerprint density at radius 1 is 0.818 bits per heavy atom. The molecule has 18 heteroatoms. The first-order chi connectivity index (χ1) is 26.4. The predicted molar refractivity (Wildman–Crippen MR) is 199 cm³/mol. The minimum Gasteiger partial charge on any atom is -0.491 e. The molecule has 0 saturated carbocycles. The summed E-state index contributed by atoms with van der Waals surface area (Å²) in [5.74, 6) is -1.64. The van der Waals surface area contributed by atoms with Gasteiger partial charge in [-0.1, -0.05) is 19.1 Å². The first-order valence-corrected chi connectivity index (χ1v) is 17.6. The molecule has 5 N–H and O–H groups in total. The number of oxazole rings is 1. The average molecular weight is 751 g/mol. The van der Waals surface area contributed by atoms with Gasteiger partial charge >= 0.3 is 5.97 Å². The van der Waals surface area contributed by atoms with Gasteiger partial charge in [-0.05, 0) is 50.6 Å². The van der Waals surface area contributed by atoms with Gasteiger partial charge in [0.2, 0.25) is 23.6 Å². The number of anilines is 2. The highest BCUT2D eigenvalue weighted by Gasteiger charge is 2.25. The number of carbonyl (C=O) groups excluding carboxylic acids is 3. The van der Waals surface area contributed by atoms with Crippen molar-refractivity contribution in [3.63, 3.8) is 0 Å². The second-order valence-electron chi connectivity index (χ2n) is 12.7. The molecule has 0 unspecified atom stereocenters. The van der Waals surface area contributed by atoms with E-state index in [-0.39, 0.29) is 60.8 Å². The highest BCUT2D eigenvalue weighted by atomic mass is 16.5. The van der Waals surface area contributed by atoms with E-state index in [4.69, 9.17) is 19.6 Å². The largest absolute Gasteiger partial charge is 0.491 e. The molecule has 1 aliphatic heterocycles. The van der Waals surface area contributed by atoms with Crippen LogP contribution in [0, 0.1) is 13.8 Å². The van der Waals surface area contributed by atoms with Crippen LogP contribution < -0.4 is 25.8 Å². The lowest BCUT2D eigenvalue weighted by Gasteiger charge is -2.13. The maximum atomic E-state index is 13.6. The zero-order chi connectivity index (χ0) is 39.0. The van der Waals surface area contributed by atoms with E-state index in [1.165, 1.54) is 24.3 Å². The molecular formula is C37H38N10O8. The van der Waals surface area contributed by atoms with E-state index in [1.807, 2.05) is 26.0 Å². The van der Waals surface area contributed by atoms with Crippen LogP contribution in [0.1, 0.15) is 79.3 Å². The van der Waals surface area contributed by atoms with E-state index in [0.29, 0.717) is 70.2 Å². The normalized spacial score (nSPS) is 13.7. The number of nitrogens with two attached hydrogens (primary N) is 1. The van der Waals surface area contributed by atoms with Crippen LogP contribution in [0.4, 0.5) is 11.9 Å². The van der Waals surface area contributed by atoms with Gasteiger partial charge in [-0.15, -0.1) is 0 Å². The molecule has 0 spiro atoms. The van der Waals surface area contributed by atoms with Crippen molar-refractivity contribution < 1.29 is 38.2 Å². The summed E-state index contributed by atoms with van der Waals surface area (Å²) >= 11 is 0. The number of hydrogen-bond acceptors (Lipinski definition) is 11. The standard InChI is InChI=1S/C37H38N10O8/c1-5-23-31(55-20(4)39-23)34(50)43-37-40-24-15-21(32(38)48)17-27-29(24)46(37)11-8-7-10-45-30-25(16-22(35(51)52)18-28(30)54-13-9-12-53-27)41-36(45)42-33(49)26-14-19(3)44-47(26)6-2/h7-8,14-18H,5-6,9-13H2,1-4H3,(H2,38,48)(H,51,52)(H,40,43,50)(H,41,42,49)/b8-7+. The molecular weight excluding hydrogens is 712 g/mol. The van der Waals surface area contributed by atoms with Gasteiger partial charge in [-0.3, -0.25) is 29.7 Å². The first kappa shape index (κ1) is 36.4. The minimum absolute atomic E-state index is 0.0481. The summed E-state index contributed by atoms with van der Waals surface area (Å²) in [4.78, 5) is 65.2. The van der Waals surface area contributed by atoms with E-state index in [9.17, 15) is 24.3 Å². The number of primary amides is 1. The molecule has 1 aliphatic rings. The second kappa shape index (κ2) is 14.8. The van der Waals surface area contributed by atoms with E-state index >= 15 is 0 Å². The second-order valence-corrected chi connectivity index (χ2v) is 12.7. The molecule has 284 valence electrons. The number of benzene rings is 2. The maximum Gasteiger partial charge on any atom is 0.335 e. The zero-order valence-corrected chi connectivity index (χ0v) is 30.5. The van der Waals surface area contributed by atoms with Gasteiger partial charge in [0.1, 0.15) is 28.2 Å². The SMILES string of the molecule is CCc1nc(C)oc1C(=O)Nc1nc2cc(C(N)=O)cc3c2n1C/C=C/Cn1c(NC(=O)c2cc(C)nn2CC)nc2cc(C(=O)O)cc(c21)OCCCO3. The number of rotatable bonds is 8. The number of nitrogens with one attached hydrogen (secondary N) is 2. The summed E-state index contributed by atoms with van der Waals surface area (Å²) in [6, 6.07) is 7.55. The number of nitrogens with zero attached hydrogens (tertiary/aromatic N) is 7. The molecule has 7 rings (SSSR count). The fraction of sp³-hybridized carbons (Fsp3) is 0.297. The van der Waals surface area contributed by atoms with Crippen molar-refractivity contribution in [3.05, 3.63) is 82.3 Å². The number of amides is 3. The summed E-state index contributed by atoms with van der Waals surface area (Å²) in [5.41, 5.74) is 8.86. The molecule has 55 heavy (non-hydrogen) atoms. The van der Waals surface area contributed by atoms with Crippen LogP contribution in [0.3, 0.4) is 0 Å². The lowest BCUT2D eigenvalue weighted by atomic mass is 10.1. The Kier molecular flexibility index (Phi) is 9.79. The van der Waals surface area contributed by atoms with Crippen molar-refractivity contribution in [3.8, 4) is 11.5 Å². The summed E-state index contributed by atoms with van der Waals surface area (Å²) in [6.45, 7) is 8.18. The highest BCUT2D eigenvalue weighted by Crippen LogP contribution is 2.34. The van der Waals surface area contributed by atoms with Crippen LogP contribution >= 0.6 is 0 Å². The van der Waals surface area contributed by atoms with Gasteiger partial charge in [0, 0.05) is 38.5 Å². The Balaban J connectivity index is 1.32. The molecule has 6 aromatic rings. The van der Waals surface area contributed by atoms with E-state index < -0.39 is 23.7 Å². The Hall–Kier alpha value is -6.98. The van der Waals surface area contributed by atoms with Crippen molar-refractivity contribution in [2.75, 3.05) is 23.8 Å². The zero-order valence-electron chi connectivity index (χ0n) is 30.5. The topological polar surface area (TPSA) is 237 Å². The summed E-state index contributed by atoms with van der Waals surface area (Å²) in [7, 11) is 0. The quantitative estimate of drug-likeness (QED) is 0.158. The number of ether oxygens (including phenoxy) is 2. The molecule has 4 aromatic heterocycles. The van der Waals surface area contributed by atoms with Crippen LogP contribution in [-0.4, -0.2) is 75.9 Å². The van der Waals surface area contributed by atoms with Crippen LogP contribution in [-0.2, 0) is 26.1 Å². The van der Waals surface area contributed by atoms with Crippen LogP contribution in [0.25, 0.3) is 22.1 Å². The molecule has 5 heterocycles. The number of imidazole rings is 2. The maximum absolute atomic E-state index is 13.6. The lowest BCUT2D eigenvalue weighted by Crippen LogP contribution is -2.20. The van der Waals surface area contributed by atoms with Crippen molar-refractivity contribution in [1.29, 1.82) is 0 Å². The number of carboxylic acids is 1. The molecule has 0 saturated heterocycles. The van der Waals surface area contributed by atoms with Crippen molar-refractivity contribution in [1.82, 2.24) is 33.9 Å². The number of hydrogen-bond donors (Lipinski definition) is 4. The Bertz CT molecular complexity index is 2370. The van der Waals surface area contributed by atoms with Crippen LogP contribution in [0.2, 0.25) is 0 Å². The number of carboxylic acid groups (broad SMARTS) is 1. The van der Waals surface area contributed by atoms with E-state index in [0.717, 1.165) is 0 Å². The van der Waals surface area contributed by atoms with Gasteiger partial charge < -0.3 is 33.9 Å². The fourth-order valence-corrected chi connectivity index (χ4v) is 6.46. The number of aryl methyl sites for hydroxylation is 4. The van der Waals surface area contributed by atoms with E-state index in [2.05, 4.69) is 30.7 Å². The summed E-state index contributed by atoms with van der Waals surface area (Å²) in [5, 5.41) is 20.0. The summed E-state index contributed by atoms with van der Waals surface area (Å²) in [6.07, 6.45) is 4.43. The molecule has 0 radical (unpaired) electrons. The fourth-order valence-electron chi connectivity index (χ4n) is 6.46. The van der Waals surface area contributed by atoms with Gasteiger partial charge in [-0.25, -0.2) is 19.7 Å². The number of aromatic nitrogens is 7. The highest BCUT2D eigenvalue weighted by molar-refractivity contribution is 6.05. The molecule has 0 fully saturated rings. The minimum atomic E-state index is -1.18. The number of carbonyl (C=O) groups is 4. The van der Waals surface area contributed by atoms with Gasteiger partial charge in [0.05, 0.1) is 41.2 Å². The van der Waals surface area contributed by atoms with Crippen molar-refractivity contribution >= 4 is 57.7 Å². The predicted octanol–water partition coefficient (Wildman–Crippen LogP) is 4.49. The van der Waals surface area contributed by atoms with Gasteiger partial charge in [0.15, 0.2) is 5.89 Å². The van der Waals surface area contributed by atoms with Gasteiger partial charge in [-0.2, -0.15) is 5.10 Å². The average Bonchev–Trinajstić information content (AvgIpc) is 3.91. The smallest absolute Gasteiger partial charge is 0.335 e. The Morgan fingerprint density at radius 2 is 1.40 bits per heavy atom. The van der Waals surface area contributed by atoms with Crippen molar-refractivity contribution in [2.45, 2.75) is 60.2 Å². The molecule has 0 atom stereocenters. The monoisotopic (exact) mass is 750 g/mol. The summed E-state index contributed by atoms with van der Waals surface area (Å²) < 4.78 is 23.0. The molecule has 0 bridgehead atoms. The third kappa shape index (κ3) is 7.08. The van der Waals surface area contributed by atoms with E-state index in [1.54, 1.807) is 33.7 Å². The van der Waals surface area contributed by atoms with Crippen molar-refractivity contribution in [2.24, 2.45) is 5.73 Å².